The molecule has 0 bridgehead atoms. The number of aryl methyl sites for hydroxylation is 4. The molecule has 0 aliphatic carbocycles. The molecule has 0 unspecified atom stereocenters. The van der Waals surface area contributed by atoms with Crippen molar-refractivity contribution in [2.24, 2.45) is 9.98 Å². The summed E-state index contributed by atoms with van der Waals surface area (Å²) in [4.78, 5) is 35.3. The molecule has 0 spiro atoms. The van der Waals surface area contributed by atoms with E-state index in [4.69, 9.17) is 0 Å². The van der Waals surface area contributed by atoms with Gasteiger partial charge in [-0.15, -0.1) is 0 Å². The molecule has 2 N–H and O–H groups in total. The van der Waals surface area contributed by atoms with E-state index in [-0.39, 0.29) is 11.1 Å². The highest BCUT2D eigenvalue weighted by atomic mass is 16.1. The molecule has 0 amide bonds. The predicted octanol–water partition coefficient (Wildman–Crippen LogP) is 5.38. The summed E-state index contributed by atoms with van der Waals surface area (Å²) in [5.41, 5.74) is 6.89. The zero-order valence-electron chi connectivity index (χ0n) is 21.7. The number of aromatic amines is 2. The Morgan fingerprint density at radius 2 is 0.947 bits per heavy atom. The van der Waals surface area contributed by atoms with Gasteiger partial charge in [-0.1, -0.05) is 47.5 Å². The number of hydrogen-bond acceptors (Lipinski definition) is 4. The highest BCUT2D eigenvalue weighted by molar-refractivity contribution is 5.87. The van der Waals surface area contributed by atoms with Crippen LogP contribution in [0.2, 0.25) is 0 Å². The summed E-state index contributed by atoms with van der Waals surface area (Å²) in [5, 5.41) is 6.24. The number of para-hydroxylation sites is 2. The Labute approximate surface area is 219 Å². The zero-order valence-corrected chi connectivity index (χ0v) is 21.7. The van der Waals surface area contributed by atoms with Gasteiger partial charge in [0.2, 0.25) is 0 Å². The van der Waals surface area contributed by atoms with Gasteiger partial charge < -0.3 is 0 Å². The Hall–Kier alpha value is -4.98. The van der Waals surface area contributed by atoms with Crippen LogP contribution in [0.4, 0.5) is 11.4 Å². The fourth-order valence-corrected chi connectivity index (χ4v) is 4.13. The van der Waals surface area contributed by atoms with E-state index in [1.807, 2.05) is 100 Å². The van der Waals surface area contributed by atoms with Crippen molar-refractivity contribution in [2.45, 2.75) is 27.7 Å². The van der Waals surface area contributed by atoms with Crippen molar-refractivity contribution in [2.75, 3.05) is 0 Å². The fraction of sp³-hybridized carbons (Fsp3) is 0.133. The largest absolute Gasteiger partial charge is 0.295 e. The number of aromatic nitrogens is 4. The third-order valence-electron chi connectivity index (χ3n) is 6.37. The Bertz CT molecular complexity index is 1650. The van der Waals surface area contributed by atoms with Gasteiger partial charge in [0.05, 0.1) is 33.9 Å². The topological polar surface area (TPSA) is 100 Å². The van der Waals surface area contributed by atoms with Gasteiger partial charge in [-0.05, 0) is 64.1 Å². The number of hydrogen-bond donors (Lipinski definition) is 2. The van der Waals surface area contributed by atoms with Crippen molar-refractivity contribution in [3.05, 3.63) is 127 Å². The van der Waals surface area contributed by atoms with Crippen LogP contribution in [-0.2, 0) is 0 Å². The summed E-state index contributed by atoms with van der Waals surface area (Å²) in [6.45, 7) is 7.68. The molecule has 38 heavy (non-hydrogen) atoms. The molecule has 190 valence electrons. The molecule has 0 saturated carbocycles. The van der Waals surface area contributed by atoms with Crippen molar-refractivity contribution in [1.82, 2.24) is 19.6 Å². The van der Waals surface area contributed by atoms with E-state index in [9.17, 15) is 9.59 Å². The summed E-state index contributed by atoms with van der Waals surface area (Å²) < 4.78 is 3.02. The van der Waals surface area contributed by atoms with Gasteiger partial charge in [0, 0.05) is 23.8 Å². The molecule has 8 nitrogen and oxygen atoms in total. The van der Waals surface area contributed by atoms with Crippen molar-refractivity contribution in [3.63, 3.8) is 0 Å². The SMILES string of the molecule is Cc1ccc(-n2[nH]c(C)c(C=Nc3ccccc3N=Cc3c(C)[nH]n(-c4ccc(C)cc4)c3=O)c2=O)cc1. The molecule has 0 aliphatic heterocycles. The summed E-state index contributed by atoms with van der Waals surface area (Å²) in [6, 6.07) is 22.8. The van der Waals surface area contributed by atoms with E-state index in [1.165, 1.54) is 9.36 Å². The third kappa shape index (κ3) is 4.84. The molecule has 0 radical (unpaired) electrons. The van der Waals surface area contributed by atoms with Crippen molar-refractivity contribution >= 4 is 23.8 Å². The first kappa shape index (κ1) is 24.7. The van der Waals surface area contributed by atoms with Crippen LogP contribution < -0.4 is 11.1 Å². The maximum Gasteiger partial charge on any atom is 0.280 e. The third-order valence-corrected chi connectivity index (χ3v) is 6.37. The monoisotopic (exact) mass is 504 g/mol. The quantitative estimate of drug-likeness (QED) is 0.304. The highest BCUT2D eigenvalue weighted by Gasteiger charge is 2.12. The van der Waals surface area contributed by atoms with Gasteiger partial charge in [-0.25, -0.2) is 9.36 Å². The van der Waals surface area contributed by atoms with E-state index in [0.717, 1.165) is 22.5 Å². The Morgan fingerprint density at radius 1 is 0.579 bits per heavy atom. The van der Waals surface area contributed by atoms with Crippen molar-refractivity contribution in [3.8, 4) is 11.4 Å². The average molecular weight is 505 g/mol. The molecule has 5 rings (SSSR count). The first-order chi connectivity index (χ1) is 18.3. The summed E-state index contributed by atoms with van der Waals surface area (Å²) >= 11 is 0. The first-order valence-electron chi connectivity index (χ1n) is 12.3. The second-order valence-electron chi connectivity index (χ2n) is 9.26. The normalized spacial score (nSPS) is 11.7. The average Bonchev–Trinajstić information content (AvgIpc) is 3.36. The van der Waals surface area contributed by atoms with Crippen LogP contribution >= 0.6 is 0 Å². The molecule has 2 aromatic heterocycles. The lowest BCUT2D eigenvalue weighted by atomic mass is 10.2. The minimum atomic E-state index is -0.185. The number of rotatable bonds is 6. The molecule has 8 heteroatoms. The van der Waals surface area contributed by atoms with Gasteiger partial charge in [0.25, 0.3) is 11.1 Å². The minimum absolute atomic E-state index is 0.185. The van der Waals surface area contributed by atoms with Gasteiger partial charge >= 0.3 is 0 Å². The summed E-state index contributed by atoms with van der Waals surface area (Å²) in [7, 11) is 0. The van der Waals surface area contributed by atoms with Crippen LogP contribution in [0.5, 0.6) is 0 Å². The lowest BCUT2D eigenvalue weighted by Gasteiger charge is -2.01. The Morgan fingerprint density at radius 3 is 1.32 bits per heavy atom. The number of H-pyrrole nitrogens is 2. The van der Waals surface area contributed by atoms with Crippen LogP contribution in [0.1, 0.15) is 33.6 Å². The maximum atomic E-state index is 13.1. The van der Waals surface area contributed by atoms with Crippen LogP contribution in [0, 0.1) is 27.7 Å². The maximum absolute atomic E-state index is 13.1. The number of nitrogens with one attached hydrogen (secondary N) is 2. The summed E-state index contributed by atoms with van der Waals surface area (Å²) in [5.74, 6) is 0. The van der Waals surface area contributed by atoms with Gasteiger partial charge in [-0.3, -0.25) is 29.8 Å². The predicted molar refractivity (Wildman–Crippen MR) is 153 cm³/mol. The molecular weight excluding hydrogens is 476 g/mol. The summed E-state index contributed by atoms with van der Waals surface area (Å²) in [6.07, 6.45) is 3.11. The highest BCUT2D eigenvalue weighted by Crippen LogP contribution is 2.27. The second-order valence-corrected chi connectivity index (χ2v) is 9.26. The van der Waals surface area contributed by atoms with Crippen molar-refractivity contribution in [1.29, 1.82) is 0 Å². The standard InChI is InChI=1S/C30H28N6O2/c1-19-9-13-23(14-10-19)35-29(37)25(21(3)33-35)17-31-27-7-5-6-8-28(27)32-18-26-22(4)34-36(30(26)38)24-15-11-20(2)12-16-24/h5-18,33-34H,1-4H3. The zero-order chi connectivity index (χ0) is 26.8. The number of nitrogens with zero attached hydrogens (tertiary/aromatic N) is 4. The molecular formula is C30H28N6O2. The van der Waals surface area contributed by atoms with Crippen LogP contribution in [0.15, 0.2) is 92.4 Å². The van der Waals surface area contributed by atoms with E-state index >= 15 is 0 Å². The number of benzene rings is 3. The van der Waals surface area contributed by atoms with Gasteiger partial charge in [0.1, 0.15) is 0 Å². The molecule has 5 aromatic rings. The van der Waals surface area contributed by atoms with Gasteiger partial charge in [-0.2, -0.15) is 0 Å². The van der Waals surface area contributed by atoms with E-state index in [2.05, 4.69) is 20.2 Å². The van der Waals surface area contributed by atoms with Crippen molar-refractivity contribution < 1.29 is 0 Å². The molecule has 0 aliphatic rings. The van der Waals surface area contributed by atoms with E-state index in [1.54, 1.807) is 12.4 Å². The molecule has 3 aromatic carbocycles. The molecule has 0 atom stereocenters. The lowest BCUT2D eigenvalue weighted by Crippen LogP contribution is -2.17. The molecule has 2 heterocycles. The first-order valence-corrected chi connectivity index (χ1v) is 12.3. The van der Waals surface area contributed by atoms with Crippen LogP contribution in [-0.4, -0.2) is 32.0 Å². The molecule has 0 fully saturated rings. The lowest BCUT2D eigenvalue weighted by molar-refractivity contribution is 0.835. The smallest absolute Gasteiger partial charge is 0.280 e. The minimum Gasteiger partial charge on any atom is -0.295 e. The molecule has 0 saturated heterocycles. The van der Waals surface area contributed by atoms with Crippen LogP contribution in [0.25, 0.3) is 11.4 Å². The fourth-order valence-electron chi connectivity index (χ4n) is 4.13. The van der Waals surface area contributed by atoms with E-state index in [0.29, 0.717) is 33.9 Å². The van der Waals surface area contributed by atoms with Gasteiger partial charge in [0.15, 0.2) is 0 Å². The number of aliphatic imine (C=N–C) groups is 2. The van der Waals surface area contributed by atoms with Crippen LogP contribution in [0.3, 0.4) is 0 Å². The Balaban J connectivity index is 1.44. The van der Waals surface area contributed by atoms with E-state index < -0.39 is 0 Å². The Kier molecular flexibility index (Phi) is 6.62. The second kappa shape index (κ2) is 10.2.